The first-order valence-corrected chi connectivity index (χ1v) is 4.95. The molecule has 1 unspecified atom stereocenters. The van der Waals surface area contributed by atoms with Crippen molar-refractivity contribution in [3.8, 4) is 5.75 Å². The highest BCUT2D eigenvalue weighted by atomic mass is 31.1. The lowest BCUT2D eigenvalue weighted by Gasteiger charge is -2.01. The van der Waals surface area contributed by atoms with Gasteiger partial charge in [0.25, 0.3) is 0 Å². The minimum atomic E-state index is 0.907. The van der Waals surface area contributed by atoms with Gasteiger partial charge in [-0.25, -0.2) is 0 Å². The second kappa shape index (κ2) is 4.35. The lowest BCUT2D eigenvalue weighted by Crippen LogP contribution is -1.94. The van der Waals surface area contributed by atoms with Crippen LogP contribution in [0.5, 0.6) is 5.75 Å². The smallest absolute Gasteiger partial charge is 0.119 e. The summed E-state index contributed by atoms with van der Waals surface area (Å²) in [4.78, 5) is 0. The Kier molecular flexibility index (Phi) is 3.38. The predicted octanol–water partition coefficient (Wildman–Crippen LogP) is 2.02. The maximum atomic E-state index is 5.11. The average molecular weight is 168 g/mol. The molecule has 0 radical (unpaired) electrons. The Bertz CT molecular complexity index is 223. The average Bonchev–Trinajstić information content (AvgIpc) is 2.06. The zero-order valence-electron chi connectivity index (χ0n) is 6.92. The topological polar surface area (TPSA) is 9.23 Å². The highest BCUT2D eigenvalue weighted by molar-refractivity contribution is 7.47. The molecule has 0 bridgehead atoms. The third-order valence-corrected chi connectivity index (χ3v) is 2.52. The van der Waals surface area contributed by atoms with Crippen LogP contribution in [-0.2, 0) is 0 Å². The molecule has 0 saturated heterocycles. The van der Waals surface area contributed by atoms with Gasteiger partial charge < -0.3 is 4.74 Å². The van der Waals surface area contributed by atoms with Crippen molar-refractivity contribution in [3.63, 3.8) is 0 Å². The second-order valence-electron chi connectivity index (χ2n) is 2.26. The van der Waals surface area contributed by atoms with Crippen LogP contribution in [0, 0.1) is 0 Å². The van der Waals surface area contributed by atoms with Crippen molar-refractivity contribution in [1.82, 2.24) is 0 Å². The van der Waals surface area contributed by atoms with Gasteiger partial charge in [-0.3, -0.25) is 0 Å². The van der Waals surface area contributed by atoms with Crippen LogP contribution in [0.15, 0.2) is 24.3 Å². The SMILES string of the molecule is CCPc1cccc(OC)c1. The lowest BCUT2D eigenvalue weighted by molar-refractivity contribution is 0.415. The zero-order valence-corrected chi connectivity index (χ0v) is 7.92. The molecule has 0 saturated carbocycles. The van der Waals surface area contributed by atoms with Crippen LogP contribution in [0.1, 0.15) is 6.92 Å². The first kappa shape index (κ1) is 8.55. The minimum Gasteiger partial charge on any atom is -0.497 e. The highest BCUT2D eigenvalue weighted by Gasteiger charge is 1.92. The summed E-state index contributed by atoms with van der Waals surface area (Å²) >= 11 is 0. The number of ether oxygens (including phenoxy) is 1. The van der Waals surface area contributed by atoms with E-state index in [-0.39, 0.29) is 0 Å². The minimum absolute atomic E-state index is 0.907. The van der Waals surface area contributed by atoms with Gasteiger partial charge >= 0.3 is 0 Å². The largest absolute Gasteiger partial charge is 0.497 e. The van der Waals surface area contributed by atoms with Crippen molar-refractivity contribution in [3.05, 3.63) is 24.3 Å². The molecule has 0 amide bonds. The molecule has 2 heteroatoms. The second-order valence-corrected chi connectivity index (χ2v) is 3.90. The van der Waals surface area contributed by atoms with Gasteiger partial charge in [-0.2, -0.15) is 0 Å². The Morgan fingerprint density at radius 1 is 1.45 bits per heavy atom. The Hall–Kier alpha value is -0.550. The predicted molar refractivity (Wildman–Crippen MR) is 51.5 cm³/mol. The molecule has 0 aliphatic heterocycles. The van der Waals surface area contributed by atoms with Crippen molar-refractivity contribution < 1.29 is 4.74 Å². The van der Waals surface area contributed by atoms with Crippen LogP contribution in [0.2, 0.25) is 0 Å². The van der Waals surface area contributed by atoms with Gasteiger partial charge in [0.2, 0.25) is 0 Å². The summed E-state index contributed by atoms with van der Waals surface area (Å²) in [5, 5.41) is 1.38. The normalized spacial score (nSPS) is 10.7. The van der Waals surface area contributed by atoms with Gasteiger partial charge in [0.15, 0.2) is 0 Å². The summed E-state index contributed by atoms with van der Waals surface area (Å²) in [5.74, 6) is 0.962. The fourth-order valence-corrected chi connectivity index (χ4v) is 1.80. The Morgan fingerprint density at radius 3 is 2.91 bits per heavy atom. The van der Waals surface area contributed by atoms with E-state index in [2.05, 4.69) is 19.1 Å². The third-order valence-electron chi connectivity index (χ3n) is 1.45. The number of hydrogen-bond donors (Lipinski definition) is 0. The molecule has 0 heterocycles. The summed E-state index contributed by atoms with van der Waals surface area (Å²) in [6, 6.07) is 8.26. The van der Waals surface area contributed by atoms with Crippen molar-refractivity contribution >= 4 is 13.9 Å². The van der Waals surface area contributed by atoms with Crippen molar-refractivity contribution in [1.29, 1.82) is 0 Å². The molecule has 1 nitrogen and oxygen atoms in total. The first-order chi connectivity index (χ1) is 5.36. The number of hydrogen-bond acceptors (Lipinski definition) is 1. The lowest BCUT2D eigenvalue weighted by atomic mass is 10.3. The highest BCUT2D eigenvalue weighted by Crippen LogP contribution is 2.14. The summed E-state index contributed by atoms with van der Waals surface area (Å²) in [6.07, 6.45) is 1.22. The molecule has 0 N–H and O–H groups in total. The standard InChI is InChI=1S/C9H13OP/c1-3-11-9-6-4-5-8(7-9)10-2/h4-7,11H,3H2,1-2H3. The van der Waals surface area contributed by atoms with Crippen LogP contribution < -0.4 is 10.0 Å². The molecule has 0 spiro atoms. The quantitative estimate of drug-likeness (QED) is 0.627. The first-order valence-electron chi connectivity index (χ1n) is 3.74. The van der Waals surface area contributed by atoms with Crippen LogP contribution in [0.25, 0.3) is 0 Å². The van der Waals surface area contributed by atoms with Gasteiger partial charge in [0.1, 0.15) is 5.75 Å². The summed E-state index contributed by atoms with van der Waals surface area (Å²) in [7, 11) is 2.61. The van der Waals surface area contributed by atoms with E-state index >= 15 is 0 Å². The Morgan fingerprint density at radius 2 is 2.27 bits per heavy atom. The molecule has 0 aromatic heterocycles. The van der Waals surface area contributed by atoms with Gasteiger partial charge in [0, 0.05) is 0 Å². The monoisotopic (exact) mass is 168 g/mol. The van der Waals surface area contributed by atoms with Gasteiger partial charge in [0.05, 0.1) is 7.11 Å². The third kappa shape index (κ3) is 2.51. The molecular formula is C9H13OP. The van der Waals surface area contributed by atoms with Crippen molar-refractivity contribution in [2.45, 2.75) is 6.92 Å². The Labute approximate surface area is 69.6 Å². The molecule has 0 aliphatic rings. The van der Waals surface area contributed by atoms with Crippen LogP contribution in [0.3, 0.4) is 0 Å². The van der Waals surface area contributed by atoms with E-state index in [4.69, 9.17) is 4.74 Å². The maximum absolute atomic E-state index is 5.11. The van der Waals surface area contributed by atoms with Gasteiger partial charge in [-0.15, -0.1) is 0 Å². The van der Waals surface area contributed by atoms with Crippen LogP contribution >= 0.6 is 8.58 Å². The molecule has 0 aliphatic carbocycles. The van der Waals surface area contributed by atoms with E-state index in [0.29, 0.717) is 0 Å². The fraction of sp³-hybridized carbons (Fsp3) is 0.333. The number of benzene rings is 1. The van der Waals surface area contributed by atoms with Crippen molar-refractivity contribution in [2.75, 3.05) is 13.3 Å². The summed E-state index contributed by atoms with van der Waals surface area (Å²) in [5.41, 5.74) is 0. The maximum Gasteiger partial charge on any atom is 0.119 e. The van der Waals surface area contributed by atoms with E-state index < -0.39 is 0 Å². The zero-order chi connectivity index (χ0) is 8.10. The number of rotatable bonds is 3. The van der Waals surface area contributed by atoms with Gasteiger partial charge in [-0.05, 0) is 23.6 Å². The van der Waals surface area contributed by atoms with E-state index in [9.17, 15) is 0 Å². The molecule has 1 atom stereocenters. The Balaban J connectivity index is 2.74. The summed E-state index contributed by atoms with van der Waals surface area (Å²) < 4.78 is 5.11. The molecule has 1 aromatic rings. The van der Waals surface area contributed by atoms with Crippen LogP contribution in [0.4, 0.5) is 0 Å². The van der Waals surface area contributed by atoms with E-state index in [1.54, 1.807) is 7.11 Å². The fourth-order valence-electron chi connectivity index (χ4n) is 0.937. The number of methoxy groups -OCH3 is 1. The molecule has 11 heavy (non-hydrogen) atoms. The summed E-state index contributed by atoms with van der Waals surface area (Å²) in [6.45, 7) is 2.19. The van der Waals surface area contributed by atoms with Crippen molar-refractivity contribution in [2.24, 2.45) is 0 Å². The molecule has 60 valence electrons. The van der Waals surface area contributed by atoms with Gasteiger partial charge in [-0.1, -0.05) is 27.6 Å². The molecule has 1 aromatic carbocycles. The molecule has 0 fully saturated rings. The van der Waals surface area contributed by atoms with E-state index in [0.717, 1.165) is 14.3 Å². The van der Waals surface area contributed by atoms with E-state index in [1.165, 1.54) is 11.5 Å². The van der Waals surface area contributed by atoms with E-state index in [1.807, 2.05) is 12.1 Å². The van der Waals surface area contributed by atoms with Crippen LogP contribution in [-0.4, -0.2) is 13.3 Å². The molecular weight excluding hydrogens is 155 g/mol. The molecule has 1 rings (SSSR count).